The Labute approximate surface area is 128 Å². The number of nitrogens with one attached hydrogen (secondary N) is 1. The summed E-state index contributed by atoms with van der Waals surface area (Å²) < 4.78 is 2.05. The van der Waals surface area contributed by atoms with E-state index in [0.717, 1.165) is 25.5 Å². The summed E-state index contributed by atoms with van der Waals surface area (Å²) in [4.78, 5) is 7.11. The molecule has 1 aromatic rings. The lowest BCUT2D eigenvalue weighted by Crippen LogP contribution is -2.67. The molecule has 0 atom stereocenters. The van der Waals surface area contributed by atoms with Gasteiger partial charge in [0.05, 0.1) is 6.54 Å². The lowest BCUT2D eigenvalue weighted by Gasteiger charge is -2.51. The SMILES string of the molecule is CC(C)n1ncnc1CN1CC2(CCCC2)NCC1(C)C. The predicted molar refractivity (Wildman–Crippen MR) is 84.1 cm³/mol. The Balaban J connectivity index is 1.79. The zero-order chi connectivity index (χ0) is 15.1. The summed E-state index contributed by atoms with van der Waals surface area (Å²) in [6.07, 6.45) is 7.05. The molecule has 1 aromatic heterocycles. The van der Waals surface area contributed by atoms with Crippen molar-refractivity contribution in [2.45, 2.75) is 77.0 Å². The maximum atomic E-state index is 4.50. The van der Waals surface area contributed by atoms with Gasteiger partial charge >= 0.3 is 0 Å². The molecule has 2 heterocycles. The van der Waals surface area contributed by atoms with E-state index in [4.69, 9.17) is 0 Å². The largest absolute Gasteiger partial charge is 0.308 e. The predicted octanol–water partition coefficient (Wildman–Crippen LogP) is 2.36. The van der Waals surface area contributed by atoms with Crippen molar-refractivity contribution in [1.82, 2.24) is 25.0 Å². The van der Waals surface area contributed by atoms with Gasteiger partial charge in [-0.05, 0) is 40.5 Å². The molecule has 1 aliphatic carbocycles. The van der Waals surface area contributed by atoms with Crippen molar-refractivity contribution >= 4 is 0 Å². The fourth-order valence-electron chi connectivity index (χ4n) is 3.80. The number of hydrogen-bond acceptors (Lipinski definition) is 4. The third kappa shape index (κ3) is 2.86. The van der Waals surface area contributed by atoms with Gasteiger partial charge in [-0.2, -0.15) is 5.10 Å². The number of rotatable bonds is 3. The molecule has 2 aliphatic rings. The van der Waals surface area contributed by atoms with Crippen LogP contribution < -0.4 is 5.32 Å². The summed E-state index contributed by atoms with van der Waals surface area (Å²) in [5.74, 6) is 1.09. The van der Waals surface area contributed by atoms with Crippen LogP contribution in [-0.4, -0.2) is 43.8 Å². The van der Waals surface area contributed by atoms with Crippen LogP contribution in [0.3, 0.4) is 0 Å². The van der Waals surface area contributed by atoms with Crippen LogP contribution >= 0.6 is 0 Å². The first-order valence-corrected chi connectivity index (χ1v) is 8.30. The summed E-state index contributed by atoms with van der Waals surface area (Å²) in [7, 11) is 0. The van der Waals surface area contributed by atoms with Crippen molar-refractivity contribution in [2.75, 3.05) is 13.1 Å². The fraction of sp³-hybridized carbons (Fsp3) is 0.875. The minimum absolute atomic E-state index is 0.168. The fourth-order valence-corrected chi connectivity index (χ4v) is 3.80. The van der Waals surface area contributed by atoms with Gasteiger partial charge in [-0.15, -0.1) is 0 Å². The lowest BCUT2D eigenvalue weighted by molar-refractivity contribution is 0.0185. The van der Waals surface area contributed by atoms with E-state index in [1.165, 1.54) is 25.7 Å². The van der Waals surface area contributed by atoms with Crippen molar-refractivity contribution in [2.24, 2.45) is 0 Å². The van der Waals surface area contributed by atoms with E-state index >= 15 is 0 Å². The van der Waals surface area contributed by atoms with E-state index < -0.39 is 0 Å². The van der Waals surface area contributed by atoms with E-state index in [1.54, 1.807) is 6.33 Å². The highest BCUT2D eigenvalue weighted by Crippen LogP contribution is 2.36. The summed E-state index contributed by atoms with van der Waals surface area (Å²) in [6.45, 7) is 12.1. The van der Waals surface area contributed by atoms with Gasteiger partial charge in [-0.3, -0.25) is 4.90 Å². The van der Waals surface area contributed by atoms with Gasteiger partial charge in [0.25, 0.3) is 0 Å². The number of aromatic nitrogens is 3. The monoisotopic (exact) mass is 291 g/mol. The molecule has 1 saturated heterocycles. The molecule has 1 aliphatic heterocycles. The van der Waals surface area contributed by atoms with Crippen LogP contribution in [0.4, 0.5) is 0 Å². The molecule has 118 valence electrons. The Bertz CT molecular complexity index is 485. The van der Waals surface area contributed by atoms with Crippen molar-refractivity contribution in [3.8, 4) is 0 Å². The molecule has 21 heavy (non-hydrogen) atoms. The molecule has 1 saturated carbocycles. The van der Waals surface area contributed by atoms with Gasteiger partial charge in [0.2, 0.25) is 0 Å². The Morgan fingerprint density at radius 2 is 2.00 bits per heavy atom. The van der Waals surface area contributed by atoms with Crippen molar-refractivity contribution < 1.29 is 0 Å². The number of piperazine rings is 1. The molecule has 1 N–H and O–H groups in total. The molecule has 0 amide bonds. The Kier molecular flexibility index (Phi) is 3.82. The highest BCUT2D eigenvalue weighted by molar-refractivity contribution is 5.05. The summed E-state index contributed by atoms with van der Waals surface area (Å²) >= 11 is 0. The van der Waals surface area contributed by atoms with Gasteiger partial charge in [0, 0.05) is 30.2 Å². The Morgan fingerprint density at radius 3 is 2.67 bits per heavy atom. The van der Waals surface area contributed by atoms with Gasteiger partial charge in [0.15, 0.2) is 0 Å². The smallest absolute Gasteiger partial charge is 0.141 e. The molecule has 0 aromatic carbocycles. The zero-order valence-electron chi connectivity index (χ0n) is 13.9. The van der Waals surface area contributed by atoms with Crippen LogP contribution in [0.2, 0.25) is 0 Å². The molecular weight excluding hydrogens is 262 g/mol. The van der Waals surface area contributed by atoms with Crippen molar-refractivity contribution in [3.05, 3.63) is 12.2 Å². The maximum absolute atomic E-state index is 4.50. The lowest BCUT2D eigenvalue weighted by atomic mass is 9.87. The third-order valence-corrected chi connectivity index (χ3v) is 5.27. The maximum Gasteiger partial charge on any atom is 0.141 e. The average molecular weight is 291 g/mol. The molecule has 2 fully saturated rings. The first-order valence-electron chi connectivity index (χ1n) is 8.30. The van der Waals surface area contributed by atoms with Crippen molar-refractivity contribution in [1.29, 1.82) is 0 Å². The molecular formula is C16H29N5. The standard InChI is InChI=1S/C16H29N5/c1-13(2)21-14(17-12-19-21)9-20-11-16(7-5-6-8-16)18-10-15(20,3)4/h12-13,18H,5-11H2,1-4H3. The third-order valence-electron chi connectivity index (χ3n) is 5.27. The van der Waals surface area contributed by atoms with Crippen LogP contribution in [-0.2, 0) is 6.54 Å². The summed E-state index contributed by atoms with van der Waals surface area (Å²) in [6, 6.07) is 0.369. The molecule has 3 rings (SSSR count). The highest BCUT2D eigenvalue weighted by Gasteiger charge is 2.44. The topological polar surface area (TPSA) is 46.0 Å². The van der Waals surface area contributed by atoms with Crippen LogP contribution in [0.5, 0.6) is 0 Å². The van der Waals surface area contributed by atoms with Gasteiger partial charge in [-0.25, -0.2) is 9.67 Å². The first-order chi connectivity index (χ1) is 9.92. The molecule has 5 nitrogen and oxygen atoms in total. The Morgan fingerprint density at radius 1 is 1.29 bits per heavy atom. The quantitative estimate of drug-likeness (QED) is 0.928. The van der Waals surface area contributed by atoms with Crippen LogP contribution in [0.15, 0.2) is 6.33 Å². The van der Waals surface area contributed by atoms with E-state index in [1.807, 2.05) is 0 Å². The molecule has 0 bridgehead atoms. The minimum atomic E-state index is 0.168. The second kappa shape index (κ2) is 5.36. The molecule has 0 unspecified atom stereocenters. The zero-order valence-corrected chi connectivity index (χ0v) is 13.9. The van der Waals surface area contributed by atoms with E-state index in [2.05, 4.69) is 52.7 Å². The normalized spacial score (nSPS) is 25.0. The molecule has 5 heteroatoms. The summed E-state index contributed by atoms with van der Waals surface area (Å²) in [5.41, 5.74) is 0.514. The van der Waals surface area contributed by atoms with E-state index in [-0.39, 0.29) is 5.54 Å². The Hall–Kier alpha value is -0.940. The van der Waals surface area contributed by atoms with Crippen LogP contribution in [0.25, 0.3) is 0 Å². The molecule has 0 radical (unpaired) electrons. The number of hydrogen-bond donors (Lipinski definition) is 1. The van der Waals surface area contributed by atoms with Crippen molar-refractivity contribution in [3.63, 3.8) is 0 Å². The summed E-state index contributed by atoms with van der Waals surface area (Å²) in [5, 5.41) is 8.23. The highest BCUT2D eigenvalue weighted by atomic mass is 15.4. The number of nitrogens with zero attached hydrogens (tertiary/aromatic N) is 4. The second-order valence-electron chi connectivity index (χ2n) is 7.72. The minimum Gasteiger partial charge on any atom is -0.308 e. The van der Waals surface area contributed by atoms with Gasteiger partial charge in [0.1, 0.15) is 12.2 Å². The first kappa shape index (κ1) is 15.0. The van der Waals surface area contributed by atoms with E-state index in [0.29, 0.717) is 11.6 Å². The average Bonchev–Trinajstić information content (AvgIpc) is 3.04. The van der Waals surface area contributed by atoms with E-state index in [9.17, 15) is 0 Å². The van der Waals surface area contributed by atoms with Gasteiger partial charge in [-0.1, -0.05) is 12.8 Å². The van der Waals surface area contributed by atoms with Crippen LogP contribution in [0.1, 0.15) is 65.2 Å². The van der Waals surface area contributed by atoms with Gasteiger partial charge < -0.3 is 5.32 Å². The van der Waals surface area contributed by atoms with Crippen LogP contribution in [0, 0.1) is 0 Å². The molecule has 1 spiro atoms. The second-order valence-corrected chi connectivity index (χ2v) is 7.72.